The Kier molecular flexibility index (Phi) is 4.52. The normalized spacial score (nSPS) is 12.1. The first kappa shape index (κ1) is 14.7. The maximum Gasteiger partial charge on any atom is 0.164 e. The van der Waals surface area contributed by atoms with Gasteiger partial charge in [0.05, 0.1) is 27.4 Å². The maximum absolute atomic E-state index is 6.36. The van der Waals surface area contributed by atoms with Crippen molar-refractivity contribution in [2.45, 2.75) is 13.0 Å². The summed E-state index contributed by atoms with van der Waals surface area (Å²) >= 11 is 1.68. The third-order valence-corrected chi connectivity index (χ3v) is 4.22. The zero-order chi connectivity index (χ0) is 14.7. The first-order valence-corrected chi connectivity index (χ1v) is 7.04. The number of hydrogen-bond donors (Lipinski definition) is 1. The molecular formula is C15H19NO3S. The van der Waals surface area contributed by atoms with Crippen molar-refractivity contribution in [3.8, 4) is 17.2 Å². The van der Waals surface area contributed by atoms with Crippen molar-refractivity contribution in [3.63, 3.8) is 0 Å². The van der Waals surface area contributed by atoms with E-state index in [1.807, 2.05) is 12.1 Å². The van der Waals surface area contributed by atoms with Crippen LogP contribution in [0.1, 0.15) is 21.4 Å². The van der Waals surface area contributed by atoms with Crippen molar-refractivity contribution in [1.82, 2.24) is 0 Å². The second-order valence-corrected chi connectivity index (χ2v) is 5.69. The summed E-state index contributed by atoms with van der Waals surface area (Å²) in [4.78, 5) is 2.32. The van der Waals surface area contributed by atoms with Gasteiger partial charge in [-0.3, -0.25) is 0 Å². The van der Waals surface area contributed by atoms with Gasteiger partial charge < -0.3 is 19.9 Å². The van der Waals surface area contributed by atoms with Crippen LogP contribution in [0, 0.1) is 6.92 Å². The highest BCUT2D eigenvalue weighted by atomic mass is 32.1. The lowest BCUT2D eigenvalue weighted by Gasteiger charge is -2.17. The van der Waals surface area contributed by atoms with Crippen molar-refractivity contribution in [1.29, 1.82) is 0 Å². The monoisotopic (exact) mass is 293 g/mol. The predicted molar refractivity (Wildman–Crippen MR) is 81.2 cm³/mol. The summed E-state index contributed by atoms with van der Waals surface area (Å²) in [5, 5.41) is 0. The van der Waals surface area contributed by atoms with Crippen molar-refractivity contribution in [2.24, 2.45) is 5.73 Å². The van der Waals surface area contributed by atoms with Crippen LogP contribution in [0.5, 0.6) is 17.2 Å². The summed E-state index contributed by atoms with van der Waals surface area (Å²) in [5.41, 5.74) is 7.24. The molecule has 0 aliphatic rings. The number of rotatable bonds is 5. The Morgan fingerprint density at radius 3 is 2.05 bits per heavy atom. The fourth-order valence-corrected chi connectivity index (χ4v) is 2.97. The minimum atomic E-state index is -0.247. The highest BCUT2D eigenvalue weighted by molar-refractivity contribution is 7.12. The van der Waals surface area contributed by atoms with E-state index in [4.69, 9.17) is 19.9 Å². The van der Waals surface area contributed by atoms with Gasteiger partial charge in [0.2, 0.25) is 0 Å². The van der Waals surface area contributed by atoms with Crippen LogP contribution in [0.2, 0.25) is 0 Å². The van der Waals surface area contributed by atoms with E-state index in [0.29, 0.717) is 17.2 Å². The number of nitrogens with two attached hydrogens (primary N) is 1. The molecule has 108 valence electrons. The van der Waals surface area contributed by atoms with Gasteiger partial charge in [-0.2, -0.15) is 0 Å². The summed E-state index contributed by atoms with van der Waals surface area (Å²) in [6, 6.07) is 7.53. The number of methoxy groups -OCH3 is 3. The van der Waals surface area contributed by atoms with Crippen LogP contribution in [0.15, 0.2) is 24.3 Å². The summed E-state index contributed by atoms with van der Waals surface area (Å²) in [6.07, 6.45) is 0. The molecule has 0 spiro atoms. The smallest absolute Gasteiger partial charge is 0.164 e. The Morgan fingerprint density at radius 2 is 1.55 bits per heavy atom. The molecule has 20 heavy (non-hydrogen) atoms. The van der Waals surface area contributed by atoms with E-state index in [0.717, 1.165) is 10.4 Å². The van der Waals surface area contributed by atoms with E-state index in [-0.39, 0.29) is 6.04 Å². The van der Waals surface area contributed by atoms with Crippen molar-refractivity contribution >= 4 is 11.3 Å². The predicted octanol–water partition coefficient (Wildman–Crippen LogP) is 3.13. The van der Waals surface area contributed by atoms with Gasteiger partial charge in [0.25, 0.3) is 0 Å². The molecule has 1 aromatic carbocycles. The van der Waals surface area contributed by atoms with Crippen LogP contribution in [-0.4, -0.2) is 21.3 Å². The van der Waals surface area contributed by atoms with Crippen LogP contribution >= 0.6 is 11.3 Å². The molecule has 0 radical (unpaired) electrons. The molecule has 2 N–H and O–H groups in total. The molecule has 0 bridgehead atoms. The molecule has 2 rings (SSSR count). The quantitative estimate of drug-likeness (QED) is 0.920. The van der Waals surface area contributed by atoms with E-state index < -0.39 is 0 Å². The fourth-order valence-electron chi connectivity index (χ4n) is 2.07. The third kappa shape index (κ3) is 2.73. The van der Waals surface area contributed by atoms with E-state index >= 15 is 0 Å². The van der Waals surface area contributed by atoms with Crippen LogP contribution in [0.3, 0.4) is 0 Å². The van der Waals surface area contributed by atoms with Crippen molar-refractivity contribution < 1.29 is 14.2 Å². The maximum atomic E-state index is 6.36. The topological polar surface area (TPSA) is 53.7 Å². The molecule has 5 heteroatoms. The zero-order valence-corrected chi connectivity index (χ0v) is 12.9. The van der Waals surface area contributed by atoms with Gasteiger partial charge in [-0.1, -0.05) is 0 Å². The van der Waals surface area contributed by atoms with Gasteiger partial charge in [0.15, 0.2) is 11.5 Å². The molecule has 0 aliphatic carbocycles. The number of benzene rings is 1. The molecule has 0 aliphatic heterocycles. The average Bonchev–Trinajstić information content (AvgIpc) is 2.91. The minimum Gasteiger partial charge on any atom is -0.496 e. The molecule has 0 fully saturated rings. The van der Waals surface area contributed by atoms with Crippen LogP contribution in [0.4, 0.5) is 0 Å². The highest BCUT2D eigenvalue weighted by Gasteiger charge is 2.19. The lowest BCUT2D eigenvalue weighted by Crippen LogP contribution is -2.12. The molecule has 2 aromatic rings. The number of hydrogen-bond acceptors (Lipinski definition) is 5. The minimum absolute atomic E-state index is 0.247. The second kappa shape index (κ2) is 6.15. The number of aryl methyl sites for hydroxylation is 1. The van der Waals surface area contributed by atoms with E-state index in [1.54, 1.807) is 38.7 Å². The Bertz CT molecular complexity index is 595. The zero-order valence-electron chi connectivity index (χ0n) is 12.1. The van der Waals surface area contributed by atoms with Gasteiger partial charge in [0, 0.05) is 21.4 Å². The second-order valence-electron chi connectivity index (χ2n) is 4.38. The number of thiophene rings is 1. The molecule has 0 amide bonds. The third-order valence-electron chi connectivity index (χ3n) is 3.14. The van der Waals surface area contributed by atoms with E-state index in [1.165, 1.54) is 4.88 Å². The van der Waals surface area contributed by atoms with Crippen LogP contribution in [0.25, 0.3) is 0 Å². The van der Waals surface area contributed by atoms with Gasteiger partial charge in [0.1, 0.15) is 5.75 Å². The molecule has 0 saturated carbocycles. The summed E-state index contributed by atoms with van der Waals surface area (Å²) in [5.74, 6) is 1.97. The highest BCUT2D eigenvalue weighted by Crippen LogP contribution is 2.39. The lowest BCUT2D eigenvalue weighted by molar-refractivity contribution is 0.347. The SMILES string of the molecule is COc1cc(OC)c(C(N)c2ccc(C)s2)cc1OC. The van der Waals surface area contributed by atoms with Gasteiger partial charge in [-0.25, -0.2) is 0 Å². The first-order chi connectivity index (χ1) is 9.60. The summed E-state index contributed by atoms with van der Waals surface area (Å²) in [7, 11) is 4.82. The lowest BCUT2D eigenvalue weighted by atomic mass is 10.0. The van der Waals surface area contributed by atoms with E-state index in [9.17, 15) is 0 Å². The van der Waals surface area contributed by atoms with Gasteiger partial charge in [-0.05, 0) is 25.1 Å². The molecule has 1 aromatic heterocycles. The standard InChI is InChI=1S/C15H19NO3S/c1-9-5-6-14(20-9)15(16)10-7-12(18-3)13(19-4)8-11(10)17-2/h5-8,15H,16H2,1-4H3. The summed E-state index contributed by atoms with van der Waals surface area (Å²) < 4.78 is 16.0. The Morgan fingerprint density at radius 1 is 0.950 bits per heavy atom. The summed E-state index contributed by atoms with van der Waals surface area (Å²) in [6.45, 7) is 2.06. The van der Waals surface area contributed by atoms with Gasteiger partial charge in [-0.15, -0.1) is 11.3 Å². The largest absolute Gasteiger partial charge is 0.496 e. The molecular weight excluding hydrogens is 274 g/mol. The van der Waals surface area contributed by atoms with E-state index in [2.05, 4.69) is 13.0 Å². The number of ether oxygens (including phenoxy) is 3. The van der Waals surface area contributed by atoms with Crippen molar-refractivity contribution in [3.05, 3.63) is 39.6 Å². The molecule has 1 atom stereocenters. The Balaban J connectivity index is 2.49. The Labute approximate surface area is 123 Å². The van der Waals surface area contributed by atoms with Gasteiger partial charge >= 0.3 is 0 Å². The Hall–Kier alpha value is -1.72. The van der Waals surface area contributed by atoms with Crippen molar-refractivity contribution in [2.75, 3.05) is 21.3 Å². The molecule has 4 nitrogen and oxygen atoms in total. The molecule has 0 saturated heterocycles. The van der Waals surface area contributed by atoms with Crippen LogP contribution < -0.4 is 19.9 Å². The van der Waals surface area contributed by atoms with Crippen LogP contribution in [-0.2, 0) is 0 Å². The molecule has 1 heterocycles. The molecule has 1 unspecified atom stereocenters. The fraction of sp³-hybridized carbons (Fsp3) is 0.333. The first-order valence-electron chi connectivity index (χ1n) is 6.22. The average molecular weight is 293 g/mol.